The number of aryl methyl sites for hydroxylation is 2. The number of hydrogen-bond donors (Lipinski definition) is 4. The topological polar surface area (TPSA) is 142 Å². The summed E-state index contributed by atoms with van der Waals surface area (Å²) in [5.41, 5.74) is 7.02. The third kappa shape index (κ3) is 5.66. The molecule has 6 aromatic rings. The first-order valence-electron chi connectivity index (χ1n) is 13.1. The standard InChI is InChI=1S/C29H27ClN10O/c1-17-8-11-25(40-16-32-38-39-40)21(12-17)15-31-29(41)33-24(13-19-6-4-3-5-7-19)28-34-26(27(30)35-28)20-9-10-22-18(2)36-37-23(22)14-20/h3-12,14,16,24H,13,15H2,1-2H3,(H,34,35)(H,36,37)(H2,31,33,41)/t24-/m0/s1. The Morgan fingerprint density at radius 3 is 2.73 bits per heavy atom. The number of amides is 2. The Morgan fingerprint density at radius 2 is 1.93 bits per heavy atom. The molecular weight excluding hydrogens is 540 g/mol. The van der Waals surface area contributed by atoms with Gasteiger partial charge in [-0.15, -0.1) is 5.10 Å². The summed E-state index contributed by atoms with van der Waals surface area (Å²) < 4.78 is 1.57. The zero-order valence-corrected chi connectivity index (χ0v) is 23.1. The van der Waals surface area contributed by atoms with Crippen molar-refractivity contribution in [1.29, 1.82) is 0 Å². The lowest BCUT2D eigenvalue weighted by atomic mass is 10.1. The maximum atomic E-state index is 13.2. The first-order chi connectivity index (χ1) is 19.9. The van der Waals surface area contributed by atoms with Crippen molar-refractivity contribution in [3.8, 4) is 16.9 Å². The number of benzene rings is 3. The van der Waals surface area contributed by atoms with Gasteiger partial charge in [0.05, 0.1) is 22.9 Å². The van der Waals surface area contributed by atoms with Crippen molar-refractivity contribution in [3.63, 3.8) is 0 Å². The fourth-order valence-electron chi connectivity index (χ4n) is 4.83. The number of carbonyl (C=O) groups is 1. The smallest absolute Gasteiger partial charge is 0.315 e. The van der Waals surface area contributed by atoms with Crippen LogP contribution < -0.4 is 10.6 Å². The van der Waals surface area contributed by atoms with Gasteiger partial charge < -0.3 is 15.6 Å². The normalized spacial score (nSPS) is 12.0. The molecule has 0 bridgehead atoms. The lowest BCUT2D eigenvalue weighted by Gasteiger charge is -2.18. The second kappa shape index (κ2) is 11.2. The van der Waals surface area contributed by atoms with Crippen molar-refractivity contribution in [2.24, 2.45) is 0 Å². The lowest BCUT2D eigenvalue weighted by molar-refractivity contribution is 0.236. The van der Waals surface area contributed by atoms with Gasteiger partial charge in [-0.2, -0.15) is 5.10 Å². The number of urea groups is 1. The van der Waals surface area contributed by atoms with Gasteiger partial charge in [-0.1, -0.05) is 71.8 Å². The summed E-state index contributed by atoms with van der Waals surface area (Å²) in [5, 5.41) is 26.2. The van der Waals surface area contributed by atoms with E-state index in [0.717, 1.165) is 44.5 Å². The van der Waals surface area contributed by atoms with Crippen molar-refractivity contribution in [3.05, 3.63) is 106 Å². The number of imidazole rings is 1. The molecule has 11 nitrogen and oxygen atoms in total. The Hall–Kier alpha value is -5.03. The van der Waals surface area contributed by atoms with Crippen molar-refractivity contribution < 1.29 is 4.79 Å². The second-order valence-electron chi connectivity index (χ2n) is 9.81. The average Bonchev–Trinajstić information content (AvgIpc) is 3.73. The van der Waals surface area contributed by atoms with Crippen LogP contribution in [0, 0.1) is 13.8 Å². The molecule has 41 heavy (non-hydrogen) atoms. The van der Waals surface area contributed by atoms with Gasteiger partial charge in [-0.25, -0.2) is 14.5 Å². The predicted molar refractivity (Wildman–Crippen MR) is 156 cm³/mol. The number of rotatable bonds is 8. The molecule has 0 spiro atoms. The molecular formula is C29H27ClN10O. The molecule has 0 saturated heterocycles. The van der Waals surface area contributed by atoms with E-state index in [2.05, 4.69) is 41.3 Å². The number of halogens is 1. The van der Waals surface area contributed by atoms with E-state index in [1.54, 1.807) is 4.68 Å². The molecule has 0 aliphatic heterocycles. The van der Waals surface area contributed by atoms with Crippen LogP contribution in [0.2, 0.25) is 5.15 Å². The number of nitrogens with one attached hydrogen (secondary N) is 4. The summed E-state index contributed by atoms with van der Waals surface area (Å²) in [6.45, 7) is 4.22. The highest BCUT2D eigenvalue weighted by atomic mass is 35.5. The van der Waals surface area contributed by atoms with Crippen molar-refractivity contribution in [2.75, 3.05) is 0 Å². The molecule has 0 unspecified atom stereocenters. The van der Waals surface area contributed by atoms with Gasteiger partial charge in [0.2, 0.25) is 0 Å². The fraction of sp³-hybridized carbons (Fsp3) is 0.172. The average molecular weight is 567 g/mol. The van der Waals surface area contributed by atoms with Crippen LogP contribution >= 0.6 is 11.6 Å². The van der Waals surface area contributed by atoms with Crippen molar-refractivity contribution in [1.82, 2.24) is 51.0 Å². The number of fused-ring (bicyclic) bond motifs is 1. The van der Waals surface area contributed by atoms with Crippen LogP contribution in [0.15, 0.2) is 73.1 Å². The number of carbonyl (C=O) groups excluding carboxylic acids is 1. The van der Waals surface area contributed by atoms with Gasteiger partial charge in [0.25, 0.3) is 0 Å². The summed E-state index contributed by atoms with van der Waals surface area (Å²) in [7, 11) is 0. The van der Waals surface area contributed by atoms with Crippen LogP contribution in [-0.2, 0) is 13.0 Å². The highest BCUT2D eigenvalue weighted by Gasteiger charge is 2.22. The molecule has 12 heteroatoms. The summed E-state index contributed by atoms with van der Waals surface area (Å²) in [6, 6.07) is 20.9. The van der Waals surface area contributed by atoms with Gasteiger partial charge in [-0.3, -0.25) is 5.10 Å². The highest BCUT2D eigenvalue weighted by molar-refractivity contribution is 6.32. The molecule has 3 aromatic carbocycles. The Bertz CT molecular complexity index is 1810. The highest BCUT2D eigenvalue weighted by Crippen LogP contribution is 2.31. The van der Waals surface area contributed by atoms with Crippen LogP contribution in [0.1, 0.15) is 34.3 Å². The summed E-state index contributed by atoms with van der Waals surface area (Å²) in [4.78, 5) is 21.3. The molecule has 1 atom stereocenters. The van der Waals surface area contributed by atoms with Crippen LogP contribution in [0.3, 0.4) is 0 Å². The van der Waals surface area contributed by atoms with Gasteiger partial charge >= 0.3 is 6.03 Å². The SMILES string of the molecule is Cc1ccc(-n2cnnn2)c(CNC(=O)N[C@@H](Cc2ccccc2)c2nc(-c3ccc4c(C)n[nH]c4c3)c(Cl)[nH]2)c1. The largest absolute Gasteiger partial charge is 0.334 e. The molecule has 3 aromatic heterocycles. The monoisotopic (exact) mass is 566 g/mol. The lowest BCUT2D eigenvalue weighted by Crippen LogP contribution is -2.39. The van der Waals surface area contributed by atoms with Gasteiger partial charge in [-0.05, 0) is 54.0 Å². The van der Waals surface area contributed by atoms with Crippen LogP contribution in [0.25, 0.3) is 27.8 Å². The van der Waals surface area contributed by atoms with E-state index in [4.69, 9.17) is 16.6 Å². The molecule has 0 aliphatic rings. The van der Waals surface area contributed by atoms with Gasteiger partial charge in [0.1, 0.15) is 23.0 Å². The van der Waals surface area contributed by atoms with E-state index in [-0.39, 0.29) is 12.6 Å². The second-order valence-corrected chi connectivity index (χ2v) is 10.2. The van der Waals surface area contributed by atoms with Gasteiger partial charge in [0.15, 0.2) is 0 Å². The molecule has 2 amide bonds. The van der Waals surface area contributed by atoms with Gasteiger partial charge in [0, 0.05) is 17.5 Å². The summed E-state index contributed by atoms with van der Waals surface area (Å²) in [5.74, 6) is 0.551. The van der Waals surface area contributed by atoms with E-state index >= 15 is 0 Å². The molecule has 4 N–H and O–H groups in total. The van der Waals surface area contributed by atoms with Crippen molar-refractivity contribution >= 4 is 28.5 Å². The maximum Gasteiger partial charge on any atom is 0.315 e. The Kier molecular flexibility index (Phi) is 7.17. The third-order valence-electron chi connectivity index (χ3n) is 6.89. The molecule has 0 saturated carbocycles. The first kappa shape index (κ1) is 26.2. The summed E-state index contributed by atoms with van der Waals surface area (Å²) in [6.07, 6.45) is 2.03. The molecule has 0 radical (unpaired) electrons. The predicted octanol–water partition coefficient (Wildman–Crippen LogP) is 4.98. The van der Waals surface area contributed by atoms with E-state index in [1.807, 2.05) is 80.6 Å². The number of nitrogens with zero attached hydrogens (tertiary/aromatic N) is 6. The quantitative estimate of drug-likeness (QED) is 0.205. The third-order valence-corrected chi connectivity index (χ3v) is 7.17. The van der Waals surface area contributed by atoms with E-state index in [0.29, 0.717) is 23.1 Å². The maximum absolute atomic E-state index is 13.2. The molecule has 206 valence electrons. The minimum absolute atomic E-state index is 0.272. The Balaban J connectivity index is 1.24. The summed E-state index contributed by atoms with van der Waals surface area (Å²) >= 11 is 6.65. The fourth-order valence-corrected chi connectivity index (χ4v) is 5.08. The molecule has 3 heterocycles. The van der Waals surface area contributed by atoms with Crippen LogP contribution in [-0.4, -0.2) is 46.4 Å². The number of aromatic nitrogens is 8. The number of aromatic amines is 2. The minimum Gasteiger partial charge on any atom is -0.334 e. The zero-order chi connectivity index (χ0) is 28.3. The van der Waals surface area contributed by atoms with Crippen molar-refractivity contribution in [2.45, 2.75) is 32.9 Å². The molecule has 0 aliphatic carbocycles. The Morgan fingerprint density at radius 1 is 1.07 bits per heavy atom. The van der Waals surface area contributed by atoms with Crippen LogP contribution in [0.4, 0.5) is 4.79 Å². The Labute approximate surface area is 240 Å². The zero-order valence-electron chi connectivity index (χ0n) is 22.4. The molecule has 0 fully saturated rings. The number of tetrazole rings is 1. The van der Waals surface area contributed by atoms with E-state index in [9.17, 15) is 4.79 Å². The van der Waals surface area contributed by atoms with Crippen LogP contribution in [0.5, 0.6) is 0 Å². The first-order valence-corrected chi connectivity index (χ1v) is 13.4. The van der Waals surface area contributed by atoms with E-state index < -0.39 is 6.04 Å². The van der Waals surface area contributed by atoms with E-state index in [1.165, 1.54) is 6.33 Å². The molecule has 6 rings (SSSR count). The number of hydrogen-bond acceptors (Lipinski definition) is 6. The number of H-pyrrole nitrogens is 2. The minimum atomic E-state index is -0.474.